The minimum Gasteiger partial charge on any atom is -0.423 e. The Kier molecular flexibility index (Phi) is 3.22. The van der Waals surface area contributed by atoms with Gasteiger partial charge in [-0.1, -0.05) is 24.3 Å². The standard InChI is InChI=1S/C12H9BF2O2/c14-11-5-9(6-12(15)7-11)8-1-3-10(4-2-8)13(16)17/h1-7,16-17H. The van der Waals surface area contributed by atoms with Crippen molar-refractivity contribution in [1.82, 2.24) is 0 Å². The first-order valence-electron chi connectivity index (χ1n) is 4.99. The third kappa shape index (κ3) is 2.69. The highest BCUT2D eigenvalue weighted by molar-refractivity contribution is 6.58. The fourth-order valence-corrected chi connectivity index (χ4v) is 1.57. The maximum atomic E-state index is 13.0. The van der Waals surface area contributed by atoms with Crippen LogP contribution in [0, 0.1) is 11.6 Å². The highest BCUT2D eigenvalue weighted by Gasteiger charge is 2.10. The molecule has 2 N–H and O–H groups in total. The van der Waals surface area contributed by atoms with Crippen LogP contribution in [0.3, 0.4) is 0 Å². The molecule has 0 aliphatic carbocycles. The van der Waals surface area contributed by atoms with E-state index in [4.69, 9.17) is 10.0 Å². The third-order valence-electron chi connectivity index (χ3n) is 2.40. The summed E-state index contributed by atoms with van der Waals surface area (Å²) in [4.78, 5) is 0. The number of benzene rings is 2. The summed E-state index contributed by atoms with van der Waals surface area (Å²) in [5.41, 5.74) is 1.33. The predicted octanol–water partition coefficient (Wildman–Crippen LogP) is 1.31. The summed E-state index contributed by atoms with van der Waals surface area (Å²) in [5.74, 6) is -1.29. The van der Waals surface area contributed by atoms with Crippen LogP contribution >= 0.6 is 0 Å². The van der Waals surface area contributed by atoms with Gasteiger partial charge in [0.2, 0.25) is 0 Å². The predicted molar refractivity (Wildman–Crippen MR) is 61.6 cm³/mol. The van der Waals surface area contributed by atoms with Gasteiger partial charge in [0.05, 0.1) is 0 Å². The lowest BCUT2D eigenvalue weighted by molar-refractivity contribution is 0.426. The van der Waals surface area contributed by atoms with Crippen LogP contribution in [0.15, 0.2) is 42.5 Å². The van der Waals surface area contributed by atoms with Gasteiger partial charge in [0.25, 0.3) is 0 Å². The highest BCUT2D eigenvalue weighted by Crippen LogP contribution is 2.20. The van der Waals surface area contributed by atoms with Crippen LogP contribution < -0.4 is 5.46 Å². The summed E-state index contributed by atoms with van der Waals surface area (Å²) in [6, 6.07) is 9.36. The molecule has 0 saturated heterocycles. The molecule has 2 aromatic carbocycles. The molecular formula is C12H9BF2O2. The molecule has 0 aliphatic rings. The van der Waals surface area contributed by atoms with Crippen molar-refractivity contribution in [3.63, 3.8) is 0 Å². The van der Waals surface area contributed by atoms with Crippen LogP contribution in [0.4, 0.5) is 8.78 Å². The van der Waals surface area contributed by atoms with Crippen molar-refractivity contribution in [3.8, 4) is 11.1 Å². The molecule has 0 amide bonds. The maximum absolute atomic E-state index is 13.0. The van der Waals surface area contributed by atoms with E-state index in [2.05, 4.69) is 0 Å². The second-order valence-electron chi connectivity index (χ2n) is 3.65. The van der Waals surface area contributed by atoms with Crippen LogP contribution in [0.25, 0.3) is 11.1 Å². The van der Waals surface area contributed by atoms with Gasteiger partial charge in [-0.05, 0) is 28.7 Å². The van der Waals surface area contributed by atoms with E-state index in [9.17, 15) is 8.78 Å². The van der Waals surface area contributed by atoms with E-state index in [-0.39, 0.29) is 0 Å². The zero-order valence-electron chi connectivity index (χ0n) is 8.77. The minimum absolute atomic E-state index is 0.325. The summed E-state index contributed by atoms with van der Waals surface area (Å²) in [5, 5.41) is 17.8. The summed E-state index contributed by atoms with van der Waals surface area (Å²) in [7, 11) is -1.55. The van der Waals surface area contributed by atoms with Gasteiger partial charge in [-0.15, -0.1) is 0 Å². The first-order valence-corrected chi connectivity index (χ1v) is 4.99. The molecule has 0 radical (unpaired) electrons. The summed E-state index contributed by atoms with van der Waals surface area (Å²) in [6.07, 6.45) is 0. The van der Waals surface area contributed by atoms with E-state index in [0.29, 0.717) is 16.6 Å². The SMILES string of the molecule is OB(O)c1ccc(-c2cc(F)cc(F)c2)cc1. The van der Waals surface area contributed by atoms with E-state index < -0.39 is 18.8 Å². The number of hydrogen-bond donors (Lipinski definition) is 2. The second kappa shape index (κ2) is 4.65. The monoisotopic (exact) mass is 234 g/mol. The first kappa shape index (κ1) is 11.8. The zero-order chi connectivity index (χ0) is 12.4. The van der Waals surface area contributed by atoms with Crippen molar-refractivity contribution < 1.29 is 18.8 Å². The normalized spacial score (nSPS) is 10.4. The molecule has 2 nitrogen and oxygen atoms in total. The molecule has 0 saturated carbocycles. The molecule has 0 fully saturated rings. The zero-order valence-corrected chi connectivity index (χ0v) is 8.77. The molecule has 0 aromatic heterocycles. The molecule has 2 rings (SSSR count). The smallest absolute Gasteiger partial charge is 0.423 e. The van der Waals surface area contributed by atoms with Gasteiger partial charge in [0.15, 0.2) is 0 Å². The van der Waals surface area contributed by atoms with E-state index in [1.807, 2.05) is 0 Å². The van der Waals surface area contributed by atoms with Crippen LogP contribution in [0.5, 0.6) is 0 Å². The van der Waals surface area contributed by atoms with Crippen LogP contribution in [0.1, 0.15) is 0 Å². The van der Waals surface area contributed by atoms with Crippen molar-refractivity contribution in [2.24, 2.45) is 0 Å². The van der Waals surface area contributed by atoms with E-state index in [0.717, 1.165) is 6.07 Å². The fraction of sp³-hybridized carbons (Fsp3) is 0. The van der Waals surface area contributed by atoms with Gasteiger partial charge in [0, 0.05) is 6.07 Å². The van der Waals surface area contributed by atoms with Gasteiger partial charge in [-0.3, -0.25) is 0 Å². The topological polar surface area (TPSA) is 40.5 Å². The van der Waals surface area contributed by atoms with Crippen molar-refractivity contribution in [1.29, 1.82) is 0 Å². The van der Waals surface area contributed by atoms with Crippen LogP contribution in [0.2, 0.25) is 0 Å². The first-order chi connectivity index (χ1) is 8.06. The number of hydrogen-bond acceptors (Lipinski definition) is 2. The molecule has 2 aromatic rings. The third-order valence-corrected chi connectivity index (χ3v) is 2.40. The van der Waals surface area contributed by atoms with Crippen LogP contribution in [-0.2, 0) is 0 Å². The molecule has 0 spiro atoms. The Hall–Kier alpha value is -1.72. The van der Waals surface area contributed by atoms with Gasteiger partial charge in [-0.2, -0.15) is 0 Å². The Morgan fingerprint density at radius 3 is 1.76 bits per heavy atom. The lowest BCUT2D eigenvalue weighted by Gasteiger charge is -2.04. The quantitative estimate of drug-likeness (QED) is 0.769. The Balaban J connectivity index is 2.39. The summed E-state index contributed by atoms with van der Waals surface area (Å²) in [6.45, 7) is 0. The van der Waals surface area contributed by atoms with Gasteiger partial charge < -0.3 is 10.0 Å². The Morgan fingerprint density at radius 2 is 1.29 bits per heavy atom. The Labute approximate surface area is 97.3 Å². The molecule has 0 unspecified atom stereocenters. The van der Waals surface area contributed by atoms with Crippen molar-refractivity contribution >= 4 is 12.6 Å². The average Bonchev–Trinajstić information content (AvgIpc) is 2.28. The molecule has 86 valence electrons. The van der Waals surface area contributed by atoms with Gasteiger partial charge in [-0.25, -0.2) is 8.78 Å². The Bertz CT molecular complexity index is 506. The van der Waals surface area contributed by atoms with Crippen molar-refractivity contribution in [3.05, 3.63) is 54.1 Å². The number of rotatable bonds is 2. The highest BCUT2D eigenvalue weighted by atomic mass is 19.1. The summed E-state index contributed by atoms with van der Waals surface area (Å²) < 4.78 is 26.0. The van der Waals surface area contributed by atoms with Crippen molar-refractivity contribution in [2.45, 2.75) is 0 Å². The van der Waals surface area contributed by atoms with Gasteiger partial charge >= 0.3 is 7.12 Å². The van der Waals surface area contributed by atoms with Crippen molar-refractivity contribution in [2.75, 3.05) is 0 Å². The fourth-order valence-electron chi connectivity index (χ4n) is 1.57. The molecule has 0 bridgehead atoms. The molecular weight excluding hydrogens is 225 g/mol. The minimum atomic E-state index is -1.55. The Morgan fingerprint density at radius 1 is 0.765 bits per heavy atom. The van der Waals surface area contributed by atoms with E-state index in [1.54, 1.807) is 12.1 Å². The largest absolute Gasteiger partial charge is 0.488 e. The molecule has 0 heterocycles. The van der Waals surface area contributed by atoms with Crippen LogP contribution in [-0.4, -0.2) is 17.2 Å². The van der Waals surface area contributed by atoms with Gasteiger partial charge in [0.1, 0.15) is 11.6 Å². The lowest BCUT2D eigenvalue weighted by atomic mass is 9.80. The lowest BCUT2D eigenvalue weighted by Crippen LogP contribution is -2.29. The number of halogens is 2. The molecule has 0 atom stereocenters. The summed E-state index contributed by atoms with van der Waals surface area (Å²) >= 11 is 0. The average molecular weight is 234 g/mol. The molecule has 5 heteroatoms. The second-order valence-corrected chi connectivity index (χ2v) is 3.65. The molecule has 17 heavy (non-hydrogen) atoms. The van der Waals surface area contributed by atoms with E-state index in [1.165, 1.54) is 24.3 Å². The maximum Gasteiger partial charge on any atom is 0.488 e. The van der Waals surface area contributed by atoms with E-state index >= 15 is 0 Å². The molecule has 0 aliphatic heterocycles.